The van der Waals surface area contributed by atoms with Crippen LogP contribution < -0.4 is 0 Å². The van der Waals surface area contributed by atoms with Gasteiger partial charge in [0.25, 0.3) is 0 Å². The Kier molecular flexibility index (Phi) is 37.3. The number of allylic oxidation sites excluding steroid dienone is 8. The molecule has 1 fully saturated rings. The lowest BCUT2D eigenvalue weighted by molar-refractivity contribution is -0.220. The fraction of sp³-hybridized carbons (Fsp3) is 0.816. The Morgan fingerprint density at radius 3 is 1.37 bits per heavy atom. The van der Waals surface area contributed by atoms with Crippen LogP contribution in [-0.2, 0) is 27.9 Å². The predicted molar refractivity (Wildman–Crippen MR) is 249 cm³/mol. The lowest BCUT2D eigenvalue weighted by atomic mass is 9.85. The highest BCUT2D eigenvalue weighted by Crippen LogP contribution is 2.47. The van der Waals surface area contributed by atoms with E-state index in [9.17, 15) is 39.8 Å². The molecule has 1 aliphatic rings. The summed E-state index contributed by atoms with van der Waals surface area (Å²) in [6.45, 7) is 4.19. The van der Waals surface area contributed by atoms with Crippen LogP contribution in [0.1, 0.15) is 194 Å². The Balaban J connectivity index is 2.41. The highest BCUT2D eigenvalue weighted by Gasteiger charge is 2.51. The van der Waals surface area contributed by atoms with Crippen molar-refractivity contribution in [1.82, 2.24) is 0 Å². The molecule has 12 nitrogen and oxygen atoms in total. The van der Waals surface area contributed by atoms with Crippen molar-refractivity contribution in [2.24, 2.45) is 0 Å². The van der Waals surface area contributed by atoms with Crippen molar-refractivity contribution in [2.45, 2.75) is 236 Å². The maximum atomic E-state index is 12.8. The van der Waals surface area contributed by atoms with Gasteiger partial charge in [-0.15, -0.1) is 0 Å². The SMILES string of the molecule is CCCCC/C=C\C/C=C\C/C=C\C/C=C\CCCC(=O)O[C@H](COCCCCCCCCCCCCCCCCCCCC)COP(=O)(O)OC1C(O)C(O)C(O)[C@@H](O)C1O. The van der Waals surface area contributed by atoms with Crippen LogP contribution in [0.15, 0.2) is 48.6 Å². The van der Waals surface area contributed by atoms with Gasteiger partial charge in [0, 0.05) is 13.0 Å². The third-order valence-electron chi connectivity index (χ3n) is 11.2. The highest BCUT2D eigenvalue weighted by molar-refractivity contribution is 7.47. The van der Waals surface area contributed by atoms with Crippen LogP contribution in [0.5, 0.6) is 0 Å². The summed E-state index contributed by atoms with van der Waals surface area (Å²) in [4.78, 5) is 23.2. The van der Waals surface area contributed by atoms with Crippen molar-refractivity contribution in [1.29, 1.82) is 0 Å². The summed E-state index contributed by atoms with van der Waals surface area (Å²) in [6, 6.07) is 0. The van der Waals surface area contributed by atoms with Gasteiger partial charge in [0.15, 0.2) is 0 Å². The molecule has 6 unspecified atom stereocenters. The zero-order chi connectivity index (χ0) is 45.5. The molecule has 0 aromatic rings. The molecule has 0 aromatic carbocycles. The number of esters is 1. The topological polar surface area (TPSA) is 192 Å². The van der Waals surface area contributed by atoms with Crippen LogP contribution in [0.4, 0.5) is 0 Å². The molecule has 0 saturated heterocycles. The summed E-state index contributed by atoms with van der Waals surface area (Å²) in [7, 11) is -5.03. The molecule has 8 atom stereocenters. The number of unbranched alkanes of at least 4 members (excludes halogenated alkanes) is 21. The summed E-state index contributed by atoms with van der Waals surface area (Å²) in [5, 5.41) is 50.2. The van der Waals surface area contributed by atoms with E-state index in [1.54, 1.807) is 0 Å². The third kappa shape index (κ3) is 31.2. The Bertz CT molecular complexity index is 1210. The highest BCUT2D eigenvalue weighted by atomic mass is 31.2. The molecule has 0 aromatic heterocycles. The maximum Gasteiger partial charge on any atom is 0.472 e. The van der Waals surface area contributed by atoms with Gasteiger partial charge < -0.3 is 39.9 Å². The Morgan fingerprint density at radius 1 is 0.516 bits per heavy atom. The van der Waals surface area contributed by atoms with E-state index in [1.807, 2.05) is 12.2 Å². The van der Waals surface area contributed by atoms with Crippen molar-refractivity contribution < 1.29 is 58.3 Å². The van der Waals surface area contributed by atoms with E-state index in [1.165, 1.54) is 116 Å². The molecular formula is C49H89O12P. The predicted octanol–water partition coefficient (Wildman–Crippen LogP) is 10.4. The number of carbonyl (C=O) groups excluding carboxylic acids is 1. The standard InChI is InChI=1S/C49H89O12P/c1-3-5-7-9-11-13-15-17-19-21-23-25-27-29-31-33-35-37-39-58-40-42(41-59-62(56,57)61-49-47(54)45(52)44(51)46(53)48(49)55)60-43(50)38-36-34-32-30-28-26-24-22-20-18-16-14-12-10-8-6-4-2/h12,14,18,20,24,26,30,32,42,44-49,51-55H,3-11,13,15-17,19,21-23,25,27-29,31,33-41H2,1-2H3,(H,56,57)/b14-12-,20-18-,26-24-,32-30-/t42-,44?,45-,46?,47?,48?,49?/m1/s1. The monoisotopic (exact) mass is 901 g/mol. The van der Waals surface area contributed by atoms with Gasteiger partial charge in [-0.25, -0.2) is 4.57 Å². The number of aliphatic hydroxyl groups is 5. The van der Waals surface area contributed by atoms with Gasteiger partial charge in [-0.1, -0.05) is 184 Å². The molecule has 0 amide bonds. The van der Waals surface area contributed by atoms with Gasteiger partial charge in [-0.05, 0) is 51.4 Å². The van der Waals surface area contributed by atoms with Crippen molar-refractivity contribution in [2.75, 3.05) is 19.8 Å². The van der Waals surface area contributed by atoms with Crippen molar-refractivity contribution in [3.05, 3.63) is 48.6 Å². The molecule has 362 valence electrons. The van der Waals surface area contributed by atoms with Crippen LogP contribution in [0.25, 0.3) is 0 Å². The quantitative estimate of drug-likeness (QED) is 0.0147. The van der Waals surface area contributed by atoms with E-state index in [0.717, 1.165) is 44.9 Å². The molecule has 62 heavy (non-hydrogen) atoms. The number of phosphoric ester groups is 1. The van der Waals surface area contributed by atoms with Gasteiger partial charge in [0.1, 0.15) is 42.7 Å². The van der Waals surface area contributed by atoms with Gasteiger partial charge in [-0.3, -0.25) is 13.8 Å². The van der Waals surface area contributed by atoms with Gasteiger partial charge in [0.2, 0.25) is 0 Å². The first kappa shape index (κ1) is 58.3. The largest absolute Gasteiger partial charge is 0.472 e. The van der Waals surface area contributed by atoms with Gasteiger partial charge in [0.05, 0.1) is 13.2 Å². The minimum absolute atomic E-state index is 0.0971. The van der Waals surface area contributed by atoms with Crippen LogP contribution in [-0.4, -0.2) is 98.9 Å². The zero-order valence-electron chi connectivity index (χ0n) is 38.7. The first-order chi connectivity index (χ1) is 30.0. The third-order valence-corrected chi connectivity index (χ3v) is 12.2. The molecule has 1 saturated carbocycles. The second-order valence-corrected chi connectivity index (χ2v) is 18.4. The second-order valence-electron chi connectivity index (χ2n) is 17.0. The van der Waals surface area contributed by atoms with Crippen LogP contribution in [0.3, 0.4) is 0 Å². The number of aliphatic hydroxyl groups excluding tert-OH is 5. The Morgan fingerprint density at radius 2 is 0.903 bits per heavy atom. The van der Waals surface area contributed by atoms with E-state index >= 15 is 0 Å². The summed E-state index contributed by atoms with van der Waals surface area (Å²) in [5.74, 6) is -0.529. The van der Waals surface area contributed by atoms with E-state index in [0.29, 0.717) is 19.4 Å². The summed E-state index contributed by atoms with van der Waals surface area (Å²) >= 11 is 0. The average molecular weight is 901 g/mol. The summed E-state index contributed by atoms with van der Waals surface area (Å²) in [5.41, 5.74) is 0. The Hall–Kier alpha value is -1.70. The fourth-order valence-electron chi connectivity index (χ4n) is 7.29. The molecule has 0 radical (unpaired) electrons. The van der Waals surface area contributed by atoms with E-state index in [4.69, 9.17) is 18.5 Å². The summed E-state index contributed by atoms with van der Waals surface area (Å²) in [6.07, 6.45) is 36.1. The zero-order valence-corrected chi connectivity index (χ0v) is 39.6. The van der Waals surface area contributed by atoms with Crippen molar-refractivity contribution >= 4 is 13.8 Å². The number of hydrogen-bond acceptors (Lipinski definition) is 11. The second kappa shape index (κ2) is 39.6. The first-order valence-corrected chi connectivity index (χ1v) is 26.0. The first-order valence-electron chi connectivity index (χ1n) is 24.5. The Labute approximate surface area is 375 Å². The van der Waals surface area contributed by atoms with Gasteiger partial charge >= 0.3 is 13.8 Å². The molecule has 13 heteroatoms. The fourth-order valence-corrected chi connectivity index (χ4v) is 8.26. The van der Waals surface area contributed by atoms with Crippen LogP contribution in [0, 0.1) is 0 Å². The van der Waals surface area contributed by atoms with E-state index in [2.05, 4.69) is 50.3 Å². The lowest BCUT2D eigenvalue weighted by Gasteiger charge is -2.41. The number of ether oxygens (including phenoxy) is 2. The number of hydrogen-bond donors (Lipinski definition) is 6. The van der Waals surface area contributed by atoms with Crippen molar-refractivity contribution in [3.63, 3.8) is 0 Å². The molecule has 0 spiro atoms. The molecule has 1 aliphatic carbocycles. The minimum Gasteiger partial charge on any atom is -0.457 e. The average Bonchev–Trinajstić information content (AvgIpc) is 3.26. The normalized spacial score (nSPS) is 22.4. The minimum atomic E-state index is -5.03. The van der Waals surface area contributed by atoms with Crippen LogP contribution >= 0.6 is 7.82 Å². The van der Waals surface area contributed by atoms with Gasteiger partial charge in [-0.2, -0.15) is 0 Å². The smallest absolute Gasteiger partial charge is 0.457 e. The van der Waals surface area contributed by atoms with E-state index in [-0.39, 0.29) is 13.0 Å². The summed E-state index contributed by atoms with van der Waals surface area (Å²) < 4.78 is 34.2. The van der Waals surface area contributed by atoms with Crippen LogP contribution in [0.2, 0.25) is 0 Å². The molecule has 0 heterocycles. The molecular weight excluding hydrogens is 812 g/mol. The van der Waals surface area contributed by atoms with E-state index < -0.39 is 63.1 Å². The molecule has 0 aliphatic heterocycles. The lowest BCUT2D eigenvalue weighted by Crippen LogP contribution is -2.64. The number of carbonyl (C=O) groups is 1. The number of rotatable bonds is 41. The molecule has 0 bridgehead atoms. The number of phosphoric acid groups is 1. The molecule has 1 rings (SSSR count). The van der Waals surface area contributed by atoms with Crippen molar-refractivity contribution in [3.8, 4) is 0 Å². The molecule has 6 N–H and O–H groups in total. The maximum absolute atomic E-state index is 12.8.